The third-order valence-electron chi connectivity index (χ3n) is 3.20. The molecule has 0 radical (unpaired) electrons. The summed E-state index contributed by atoms with van der Waals surface area (Å²) in [6.07, 6.45) is 7.85. The molecule has 2 rings (SSSR count). The summed E-state index contributed by atoms with van der Waals surface area (Å²) in [5.41, 5.74) is 1.71. The van der Waals surface area contributed by atoms with Gasteiger partial charge >= 0.3 is 0 Å². The van der Waals surface area contributed by atoms with E-state index in [1.807, 2.05) is 0 Å². The molecule has 2 saturated carbocycles. The molecule has 0 aromatic rings. The highest BCUT2D eigenvalue weighted by molar-refractivity contribution is 7.80. The number of fused-ring (bicyclic) bond motifs is 2. The molecule has 2 unspecified atom stereocenters. The van der Waals surface area contributed by atoms with Crippen molar-refractivity contribution >= 4 is 12.6 Å². The van der Waals surface area contributed by atoms with Crippen molar-refractivity contribution in [2.24, 2.45) is 11.8 Å². The summed E-state index contributed by atoms with van der Waals surface area (Å²) in [5, 5.41) is 0.691. The van der Waals surface area contributed by atoms with Gasteiger partial charge in [0.2, 0.25) is 0 Å². The predicted octanol–water partition coefficient (Wildman–Crippen LogP) is 3.05. The van der Waals surface area contributed by atoms with Gasteiger partial charge in [-0.2, -0.15) is 12.6 Å². The average Bonchev–Trinajstić information content (AvgIpc) is 2.25. The molecule has 1 heteroatoms. The van der Waals surface area contributed by atoms with E-state index in [0.29, 0.717) is 5.25 Å². The van der Waals surface area contributed by atoms with Crippen molar-refractivity contribution < 1.29 is 0 Å². The second kappa shape index (κ2) is 2.85. The van der Waals surface area contributed by atoms with Crippen LogP contribution in [0.5, 0.6) is 0 Å². The normalized spacial score (nSPS) is 46.7. The van der Waals surface area contributed by atoms with Crippen LogP contribution in [0.3, 0.4) is 0 Å². The zero-order valence-electron chi connectivity index (χ0n) is 7.09. The van der Waals surface area contributed by atoms with Crippen LogP contribution in [0.1, 0.15) is 32.6 Å². The van der Waals surface area contributed by atoms with Gasteiger partial charge in [-0.15, -0.1) is 0 Å². The Morgan fingerprint density at radius 1 is 1.36 bits per heavy atom. The fourth-order valence-electron chi connectivity index (χ4n) is 2.73. The van der Waals surface area contributed by atoms with E-state index in [4.69, 9.17) is 0 Å². The summed E-state index contributed by atoms with van der Waals surface area (Å²) in [6, 6.07) is 0. The van der Waals surface area contributed by atoms with E-state index in [-0.39, 0.29) is 0 Å². The molecule has 0 aromatic heterocycles. The first-order valence-corrected chi connectivity index (χ1v) is 5.14. The first-order valence-electron chi connectivity index (χ1n) is 4.62. The number of rotatable bonds is 0. The zero-order valence-corrected chi connectivity index (χ0v) is 7.98. The van der Waals surface area contributed by atoms with Crippen LogP contribution < -0.4 is 0 Å². The fraction of sp³-hybridized carbons (Fsp3) is 0.800. The summed E-state index contributed by atoms with van der Waals surface area (Å²) >= 11 is 4.57. The highest BCUT2D eigenvalue weighted by Crippen LogP contribution is 2.46. The van der Waals surface area contributed by atoms with Crippen molar-refractivity contribution in [1.29, 1.82) is 0 Å². The standard InChI is InChI=1S/C10H16S/c1-2-8-3-7-4-9(8)6-10(11)5-7/h2,7,9-11H,3-6H2,1H3/b8-2+/t7?,9-,10?/m0/s1. The van der Waals surface area contributed by atoms with Crippen LogP contribution in [0.25, 0.3) is 0 Å². The van der Waals surface area contributed by atoms with Gasteiger partial charge in [0.1, 0.15) is 0 Å². The topological polar surface area (TPSA) is 0 Å². The maximum absolute atomic E-state index is 4.57. The summed E-state index contributed by atoms with van der Waals surface area (Å²) in [4.78, 5) is 0. The van der Waals surface area contributed by atoms with E-state index >= 15 is 0 Å². The van der Waals surface area contributed by atoms with Crippen LogP contribution in [0.15, 0.2) is 11.6 Å². The van der Waals surface area contributed by atoms with E-state index in [2.05, 4.69) is 25.6 Å². The van der Waals surface area contributed by atoms with Crippen LogP contribution in [-0.4, -0.2) is 5.25 Å². The third-order valence-corrected chi connectivity index (χ3v) is 3.62. The van der Waals surface area contributed by atoms with E-state index < -0.39 is 0 Å². The van der Waals surface area contributed by atoms with E-state index in [9.17, 15) is 0 Å². The maximum Gasteiger partial charge on any atom is 0.00252 e. The molecule has 0 saturated heterocycles. The molecule has 0 aliphatic heterocycles. The second-order valence-corrected chi connectivity index (χ2v) is 4.72. The van der Waals surface area contributed by atoms with Crippen molar-refractivity contribution in [3.63, 3.8) is 0 Å². The number of allylic oxidation sites excluding steroid dienone is 2. The molecular formula is C10H16S. The Labute approximate surface area is 74.5 Å². The zero-order chi connectivity index (χ0) is 7.84. The van der Waals surface area contributed by atoms with Crippen molar-refractivity contribution in [1.82, 2.24) is 0 Å². The SMILES string of the molecule is C/C=C1\CC2CC(S)C[C@@H]1C2. The number of thiol groups is 1. The van der Waals surface area contributed by atoms with Crippen LogP contribution in [-0.2, 0) is 0 Å². The first-order chi connectivity index (χ1) is 5.29. The summed E-state index contributed by atoms with van der Waals surface area (Å²) in [6.45, 7) is 2.18. The maximum atomic E-state index is 4.57. The van der Waals surface area contributed by atoms with E-state index in [1.165, 1.54) is 25.7 Å². The van der Waals surface area contributed by atoms with Crippen LogP contribution in [0.2, 0.25) is 0 Å². The Bertz CT molecular complexity index is 183. The van der Waals surface area contributed by atoms with Gasteiger partial charge < -0.3 is 0 Å². The lowest BCUT2D eigenvalue weighted by atomic mass is 9.88. The third kappa shape index (κ3) is 1.35. The molecule has 62 valence electrons. The number of hydrogen-bond donors (Lipinski definition) is 1. The Balaban J connectivity index is 2.14. The molecule has 2 aliphatic carbocycles. The Morgan fingerprint density at radius 2 is 2.18 bits per heavy atom. The number of hydrogen-bond acceptors (Lipinski definition) is 1. The minimum atomic E-state index is 0.691. The van der Waals surface area contributed by atoms with Crippen LogP contribution >= 0.6 is 12.6 Å². The van der Waals surface area contributed by atoms with Gasteiger partial charge in [0.25, 0.3) is 0 Å². The molecule has 0 spiro atoms. The largest absolute Gasteiger partial charge is 0.176 e. The van der Waals surface area contributed by atoms with Gasteiger partial charge in [-0.05, 0) is 44.4 Å². The van der Waals surface area contributed by atoms with E-state index in [1.54, 1.807) is 5.57 Å². The lowest BCUT2D eigenvalue weighted by Gasteiger charge is -2.23. The van der Waals surface area contributed by atoms with Gasteiger partial charge in [0.15, 0.2) is 0 Å². The minimum Gasteiger partial charge on any atom is -0.176 e. The second-order valence-electron chi connectivity index (χ2n) is 3.99. The van der Waals surface area contributed by atoms with Crippen molar-refractivity contribution in [2.75, 3.05) is 0 Å². The fourth-order valence-corrected chi connectivity index (χ4v) is 3.28. The van der Waals surface area contributed by atoms with Gasteiger partial charge in [-0.1, -0.05) is 11.6 Å². The van der Waals surface area contributed by atoms with Crippen molar-refractivity contribution in [2.45, 2.75) is 37.9 Å². The summed E-state index contributed by atoms with van der Waals surface area (Å²) in [7, 11) is 0. The van der Waals surface area contributed by atoms with Crippen LogP contribution in [0.4, 0.5) is 0 Å². The van der Waals surface area contributed by atoms with E-state index in [0.717, 1.165) is 11.8 Å². The van der Waals surface area contributed by atoms with Gasteiger partial charge in [0, 0.05) is 5.25 Å². The van der Waals surface area contributed by atoms with Crippen LogP contribution in [0, 0.1) is 11.8 Å². The Hall–Kier alpha value is 0.0900. The average molecular weight is 168 g/mol. The smallest absolute Gasteiger partial charge is 0.00252 e. The molecule has 3 atom stereocenters. The highest BCUT2D eigenvalue weighted by atomic mass is 32.1. The lowest BCUT2D eigenvalue weighted by molar-refractivity contribution is 0.378. The van der Waals surface area contributed by atoms with Gasteiger partial charge in [-0.3, -0.25) is 0 Å². The molecule has 2 fully saturated rings. The van der Waals surface area contributed by atoms with Gasteiger partial charge in [-0.25, -0.2) is 0 Å². The molecule has 0 aromatic carbocycles. The molecule has 0 heterocycles. The van der Waals surface area contributed by atoms with Crippen molar-refractivity contribution in [3.05, 3.63) is 11.6 Å². The highest BCUT2D eigenvalue weighted by Gasteiger charge is 2.35. The molecule has 2 aliphatic rings. The van der Waals surface area contributed by atoms with Crippen molar-refractivity contribution in [3.8, 4) is 0 Å². The summed E-state index contributed by atoms with van der Waals surface area (Å²) < 4.78 is 0. The monoisotopic (exact) mass is 168 g/mol. The minimum absolute atomic E-state index is 0.691. The molecule has 11 heavy (non-hydrogen) atoms. The quantitative estimate of drug-likeness (QED) is 0.417. The molecule has 0 N–H and O–H groups in total. The molecule has 0 amide bonds. The Kier molecular flexibility index (Phi) is 2.00. The molecule has 2 bridgehead atoms. The lowest BCUT2D eigenvalue weighted by Crippen LogP contribution is -2.15. The molecular weight excluding hydrogens is 152 g/mol. The Morgan fingerprint density at radius 3 is 2.91 bits per heavy atom. The predicted molar refractivity (Wildman–Crippen MR) is 52.0 cm³/mol. The van der Waals surface area contributed by atoms with Gasteiger partial charge in [0.05, 0.1) is 0 Å². The summed E-state index contributed by atoms with van der Waals surface area (Å²) in [5.74, 6) is 1.88. The first kappa shape index (κ1) is 7.72. The molecule has 0 nitrogen and oxygen atoms in total.